The van der Waals surface area contributed by atoms with Crippen LogP contribution in [0.5, 0.6) is 0 Å². The molecule has 1 saturated carbocycles. The third-order valence-corrected chi connectivity index (χ3v) is 6.91. The second kappa shape index (κ2) is 6.51. The minimum atomic E-state index is -0.628. The molecule has 1 heterocycles. The number of benzene rings is 2. The molecule has 1 N–H and O–H groups in total. The first-order valence-electron chi connectivity index (χ1n) is 9.71. The molecule has 2 atom stereocenters. The Labute approximate surface area is 168 Å². The molecule has 2 aromatic rings. The van der Waals surface area contributed by atoms with E-state index < -0.39 is 22.6 Å². The maximum atomic E-state index is 13.8. The van der Waals surface area contributed by atoms with Gasteiger partial charge in [0.2, 0.25) is 11.8 Å². The smallest absolute Gasteiger partial charge is 0.255 e. The zero-order valence-corrected chi connectivity index (χ0v) is 16.7. The molecule has 1 aliphatic carbocycles. The quantitative estimate of drug-likeness (QED) is 0.785. The molecule has 0 unspecified atom stereocenters. The average Bonchev–Trinajstić information content (AvgIpc) is 2.87. The Morgan fingerprint density at radius 1 is 1.10 bits per heavy atom. The fourth-order valence-electron chi connectivity index (χ4n) is 4.61. The number of fused-ring (bicyclic) bond motifs is 2. The van der Waals surface area contributed by atoms with Gasteiger partial charge in [-0.2, -0.15) is 0 Å². The van der Waals surface area contributed by atoms with Crippen LogP contribution in [-0.2, 0) is 9.59 Å². The fraction of sp³-hybridized carbons (Fsp3) is 0.348. The summed E-state index contributed by atoms with van der Waals surface area (Å²) in [6.45, 7) is 5.88. The monoisotopic (exact) mass is 394 g/mol. The van der Waals surface area contributed by atoms with Crippen LogP contribution in [0, 0.1) is 22.6 Å². The molecule has 0 radical (unpaired) electrons. The van der Waals surface area contributed by atoms with Crippen LogP contribution in [0.15, 0.2) is 48.5 Å². The van der Waals surface area contributed by atoms with Crippen LogP contribution < -0.4 is 10.2 Å². The van der Waals surface area contributed by atoms with Crippen LogP contribution in [-0.4, -0.2) is 17.7 Å². The highest BCUT2D eigenvalue weighted by molar-refractivity contribution is 6.21. The summed E-state index contributed by atoms with van der Waals surface area (Å²) in [4.78, 5) is 40.3. The SMILES string of the molecule is CC1(C)[C@H]2CC[C@]1(C)C(=O)N(c1cccc(C(=O)Nc3ccccc3F)c1)C2=O. The normalized spacial score (nSPS) is 25.2. The van der Waals surface area contributed by atoms with Gasteiger partial charge < -0.3 is 5.32 Å². The molecule has 4 rings (SSSR count). The number of hydrogen-bond donors (Lipinski definition) is 1. The molecule has 2 aliphatic rings. The van der Waals surface area contributed by atoms with Gasteiger partial charge in [-0.25, -0.2) is 9.29 Å². The topological polar surface area (TPSA) is 66.5 Å². The lowest BCUT2D eigenvalue weighted by molar-refractivity contribution is -0.146. The number of nitrogens with one attached hydrogen (secondary N) is 1. The van der Waals surface area contributed by atoms with Gasteiger partial charge in [0.05, 0.1) is 16.8 Å². The number of rotatable bonds is 3. The molecule has 1 saturated heterocycles. The number of para-hydroxylation sites is 1. The van der Waals surface area contributed by atoms with Crippen LogP contribution >= 0.6 is 0 Å². The van der Waals surface area contributed by atoms with Gasteiger partial charge in [-0.05, 0) is 48.6 Å². The van der Waals surface area contributed by atoms with Crippen molar-refractivity contribution in [3.8, 4) is 0 Å². The molecule has 3 amide bonds. The van der Waals surface area contributed by atoms with Gasteiger partial charge in [0, 0.05) is 11.5 Å². The van der Waals surface area contributed by atoms with Crippen LogP contribution in [0.1, 0.15) is 44.0 Å². The van der Waals surface area contributed by atoms with Crippen LogP contribution in [0.4, 0.5) is 15.8 Å². The van der Waals surface area contributed by atoms with E-state index in [4.69, 9.17) is 0 Å². The van der Waals surface area contributed by atoms with Crippen LogP contribution in [0.3, 0.4) is 0 Å². The minimum absolute atomic E-state index is 0.0698. The molecule has 0 spiro atoms. The molecular formula is C23H23FN2O3. The number of amides is 3. The molecule has 6 heteroatoms. The first-order valence-corrected chi connectivity index (χ1v) is 9.71. The third kappa shape index (κ3) is 2.77. The highest BCUT2D eigenvalue weighted by atomic mass is 19.1. The summed E-state index contributed by atoms with van der Waals surface area (Å²) in [7, 11) is 0. The Morgan fingerprint density at radius 3 is 2.55 bits per heavy atom. The number of imide groups is 1. The zero-order chi connectivity index (χ0) is 21.0. The number of hydrogen-bond acceptors (Lipinski definition) is 3. The first kappa shape index (κ1) is 19.3. The predicted molar refractivity (Wildman–Crippen MR) is 108 cm³/mol. The van der Waals surface area contributed by atoms with Crippen molar-refractivity contribution in [2.45, 2.75) is 33.6 Å². The minimum Gasteiger partial charge on any atom is -0.319 e. The molecule has 150 valence electrons. The van der Waals surface area contributed by atoms with Crippen molar-refractivity contribution in [1.82, 2.24) is 0 Å². The fourth-order valence-corrected chi connectivity index (χ4v) is 4.61. The lowest BCUT2D eigenvalue weighted by Gasteiger charge is -2.47. The molecule has 2 bridgehead atoms. The Bertz CT molecular complexity index is 1030. The van der Waals surface area contributed by atoms with Gasteiger partial charge in [-0.15, -0.1) is 0 Å². The van der Waals surface area contributed by atoms with Crippen molar-refractivity contribution in [3.05, 3.63) is 59.9 Å². The summed E-state index contributed by atoms with van der Waals surface area (Å²) >= 11 is 0. The highest BCUT2D eigenvalue weighted by Gasteiger charge is 2.64. The largest absolute Gasteiger partial charge is 0.319 e. The van der Waals surface area contributed by atoms with Gasteiger partial charge in [-0.1, -0.05) is 39.0 Å². The standard InChI is InChI=1S/C23H23FN2O3/c1-22(2)16-11-12-23(22,3)21(29)26(20(16)28)15-8-6-7-14(13-15)19(27)25-18-10-5-4-9-17(18)24/h4-10,13,16H,11-12H2,1-3H3,(H,25,27)/t16-,23+/m0/s1. The van der Waals surface area contributed by atoms with Crippen LogP contribution in [0.2, 0.25) is 0 Å². The van der Waals surface area contributed by atoms with E-state index >= 15 is 0 Å². The Kier molecular flexibility index (Phi) is 4.33. The summed E-state index contributed by atoms with van der Waals surface area (Å²) in [5.41, 5.74) is -0.349. The van der Waals surface area contributed by atoms with E-state index in [-0.39, 0.29) is 29.0 Å². The number of nitrogens with zero attached hydrogens (tertiary/aromatic N) is 1. The summed E-state index contributed by atoms with van der Waals surface area (Å²) in [6.07, 6.45) is 1.34. The van der Waals surface area contributed by atoms with E-state index in [2.05, 4.69) is 5.32 Å². The van der Waals surface area contributed by atoms with Crippen molar-refractivity contribution in [3.63, 3.8) is 0 Å². The Balaban J connectivity index is 1.66. The maximum absolute atomic E-state index is 13.8. The summed E-state index contributed by atoms with van der Waals surface area (Å²) in [5, 5.41) is 2.53. The molecule has 29 heavy (non-hydrogen) atoms. The number of carbonyl (C=O) groups is 3. The maximum Gasteiger partial charge on any atom is 0.255 e. The summed E-state index contributed by atoms with van der Waals surface area (Å²) < 4.78 is 13.8. The summed E-state index contributed by atoms with van der Waals surface area (Å²) in [6, 6.07) is 12.2. The summed E-state index contributed by atoms with van der Waals surface area (Å²) in [5.74, 6) is -1.73. The van der Waals surface area contributed by atoms with E-state index in [1.807, 2.05) is 20.8 Å². The van der Waals surface area contributed by atoms with Crippen molar-refractivity contribution >= 4 is 29.1 Å². The lowest BCUT2D eigenvalue weighted by atomic mass is 9.62. The van der Waals surface area contributed by atoms with Crippen molar-refractivity contribution in [2.24, 2.45) is 16.7 Å². The molecule has 2 fully saturated rings. The van der Waals surface area contributed by atoms with Gasteiger partial charge >= 0.3 is 0 Å². The predicted octanol–water partition coefficient (Wildman–Crippen LogP) is 4.39. The van der Waals surface area contributed by atoms with Crippen molar-refractivity contribution < 1.29 is 18.8 Å². The zero-order valence-electron chi connectivity index (χ0n) is 16.7. The number of halogens is 1. The van der Waals surface area contributed by atoms with Crippen LogP contribution in [0.25, 0.3) is 0 Å². The van der Waals surface area contributed by atoms with Gasteiger partial charge in [-0.3, -0.25) is 14.4 Å². The van der Waals surface area contributed by atoms with Crippen molar-refractivity contribution in [1.29, 1.82) is 0 Å². The highest BCUT2D eigenvalue weighted by Crippen LogP contribution is 2.60. The third-order valence-electron chi connectivity index (χ3n) is 6.91. The first-order chi connectivity index (χ1) is 13.7. The number of piperidine rings is 1. The van der Waals surface area contributed by atoms with E-state index in [9.17, 15) is 18.8 Å². The van der Waals surface area contributed by atoms with Gasteiger partial charge in [0.25, 0.3) is 5.91 Å². The molecule has 1 aliphatic heterocycles. The average molecular weight is 394 g/mol. The van der Waals surface area contributed by atoms with E-state index in [0.717, 1.165) is 0 Å². The second-order valence-corrected chi connectivity index (χ2v) is 8.61. The second-order valence-electron chi connectivity index (χ2n) is 8.61. The number of carbonyl (C=O) groups excluding carboxylic acids is 3. The Hall–Kier alpha value is -3.02. The molecular weight excluding hydrogens is 371 g/mol. The van der Waals surface area contributed by atoms with E-state index in [0.29, 0.717) is 18.5 Å². The molecule has 2 aromatic carbocycles. The number of anilines is 2. The Morgan fingerprint density at radius 2 is 1.83 bits per heavy atom. The van der Waals surface area contributed by atoms with E-state index in [1.54, 1.807) is 24.3 Å². The molecule has 5 nitrogen and oxygen atoms in total. The lowest BCUT2D eigenvalue weighted by Crippen LogP contribution is -2.59. The van der Waals surface area contributed by atoms with Crippen molar-refractivity contribution in [2.75, 3.05) is 10.2 Å². The van der Waals surface area contributed by atoms with E-state index in [1.165, 1.54) is 29.2 Å². The van der Waals surface area contributed by atoms with Gasteiger partial charge in [0.15, 0.2) is 0 Å². The molecule has 0 aromatic heterocycles. The van der Waals surface area contributed by atoms with Gasteiger partial charge in [0.1, 0.15) is 5.82 Å².